The summed E-state index contributed by atoms with van der Waals surface area (Å²) in [6.07, 6.45) is 23.3. The van der Waals surface area contributed by atoms with Crippen molar-refractivity contribution in [3.63, 3.8) is 0 Å². The average molecular weight is 1350 g/mol. The molecule has 6 aliphatic heterocycles. The summed E-state index contributed by atoms with van der Waals surface area (Å²) in [5, 5.41) is 31.3. The van der Waals surface area contributed by atoms with Crippen LogP contribution in [-0.2, 0) is 43.2 Å². The number of carbonyl (C=O) groups is 3. The Hall–Kier alpha value is -11.7. The van der Waals surface area contributed by atoms with E-state index in [4.69, 9.17) is 24.4 Å². The fourth-order valence-electron chi connectivity index (χ4n) is 14.5. The van der Waals surface area contributed by atoms with E-state index >= 15 is 0 Å². The molecule has 1 aromatic carbocycles. The van der Waals surface area contributed by atoms with E-state index in [2.05, 4.69) is 95.5 Å². The molecular formula is C76H75N19O6. The lowest BCUT2D eigenvalue weighted by molar-refractivity contribution is 0.0110. The SMILES string of the molecule is CC(C)(O)[C@@H]1CCCN(c2ccc(Nc3cnc(-c4cnc5ccccn45)c4c3C(=O)NC4)nc2)C1.Cn1ccc2c(-c3ncc(Nc4ccc(N5CCOCC5)cn4)c4c3CNC4=O)cccc21.Cn1ccc2c(-c3ncc(Nc4ccc([C@@H]5CCOC5)cn4)c4c3CNC4=O)ccnc21. The third-order valence-corrected chi connectivity index (χ3v) is 20.0. The molecule has 0 bridgehead atoms. The highest BCUT2D eigenvalue weighted by Crippen LogP contribution is 2.40. The quantitative estimate of drug-likeness (QED) is 0.0565. The summed E-state index contributed by atoms with van der Waals surface area (Å²) in [5.74, 6) is 2.29. The van der Waals surface area contributed by atoms with Crippen LogP contribution in [0.1, 0.15) is 92.4 Å². The zero-order chi connectivity index (χ0) is 68.9. The van der Waals surface area contributed by atoms with E-state index in [1.54, 1.807) is 31.0 Å². The number of piperidine rings is 1. The van der Waals surface area contributed by atoms with Crippen LogP contribution in [0.2, 0.25) is 0 Å². The highest BCUT2D eigenvalue weighted by atomic mass is 16.5. The maximum Gasteiger partial charge on any atom is 0.254 e. The summed E-state index contributed by atoms with van der Waals surface area (Å²) in [5.41, 5.74) is 17.0. The molecule has 101 heavy (non-hydrogen) atoms. The van der Waals surface area contributed by atoms with Crippen LogP contribution in [0.5, 0.6) is 0 Å². The fraction of sp³-hybridized carbons (Fsp3) is 0.276. The lowest BCUT2D eigenvalue weighted by Crippen LogP contribution is -2.44. The normalized spacial score (nSPS) is 17.0. The molecule has 0 spiro atoms. The molecule has 3 amide bonds. The summed E-state index contributed by atoms with van der Waals surface area (Å²) < 4.78 is 16.9. The third kappa shape index (κ3) is 12.5. The number of aliphatic hydroxyl groups is 1. The van der Waals surface area contributed by atoms with Gasteiger partial charge in [0.05, 0.1) is 131 Å². The molecule has 3 saturated heterocycles. The molecule has 0 radical (unpaired) electrons. The average Bonchev–Trinajstić information content (AvgIpc) is 1.66. The lowest BCUT2D eigenvalue weighted by atomic mass is 9.84. The number of ether oxygens (including phenoxy) is 2. The number of nitrogens with one attached hydrogen (secondary N) is 6. The van der Waals surface area contributed by atoms with Crippen LogP contribution < -0.4 is 41.7 Å². The number of fused-ring (bicyclic) bond motifs is 6. The number of pyridine rings is 8. The minimum Gasteiger partial charge on any atom is -0.390 e. The Morgan fingerprint density at radius 2 is 1.12 bits per heavy atom. The first-order valence-corrected chi connectivity index (χ1v) is 34.1. The van der Waals surface area contributed by atoms with Crippen LogP contribution in [0.25, 0.3) is 61.5 Å². The molecule has 25 nitrogen and oxygen atoms in total. The predicted molar refractivity (Wildman–Crippen MR) is 387 cm³/mol. The monoisotopic (exact) mass is 1350 g/mol. The molecular weight excluding hydrogens is 1270 g/mol. The first kappa shape index (κ1) is 64.0. The highest BCUT2D eigenvalue weighted by Gasteiger charge is 2.34. The van der Waals surface area contributed by atoms with Gasteiger partial charge in [-0.25, -0.2) is 24.9 Å². The van der Waals surface area contributed by atoms with Crippen molar-refractivity contribution in [3.05, 3.63) is 198 Å². The van der Waals surface area contributed by atoms with Crippen LogP contribution in [0, 0.1) is 5.92 Å². The number of rotatable bonds is 13. The molecule has 25 heteroatoms. The predicted octanol–water partition coefficient (Wildman–Crippen LogP) is 10.7. The second-order valence-corrected chi connectivity index (χ2v) is 26.7. The van der Waals surface area contributed by atoms with Gasteiger partial charge in [0.1, 0.15) is 28.7 Å². The molecule has 6 aliphatic rings. The number of aryl methyl sites for hydroxylation is 2. The van der Waals surface area contributed by atoms with Crippen LogP contribution >= 0.6 is 0 Å². The van der Waals surface area contributed by atoms with Crippen molar-refractivity contribution >= 4 is 91.2 Å². The van der Waals surface area contributed by atoms with Gasteiger partial charge < -0.3 is 65.4 Å². The maximum atomic E-state index is 12.8. The minimum atomic E-state index is -0.697. The van der Waals surface area contributed by atoms with Gasteiger partial charge >= 0.3 is 0 Å². The summed E-state index contributed by atoms with van der Waals surface area (Å²) >= 11 is 0. The summed E-state index contributed by atoms with van der Waals surface area (Å²) in [7, 11) is 3.99. The number of morpholine rings is 1. The molecule has 510 valence electrons. The Balaban J connectivity index is 0.000000118. The third-order valence-electron chi connectivity index (χ3n) is 20.0. The molecule has 17 heterocycles. The zero-order valence-electron chi connectivity index (χ0n) is 56.4. The number of benzene rings is 1. The lowest BCUT2D eigenvalue weighted by Gasteiger charge is -2.39. The molecule has 7 N–H and O–H groups in total. The number of nitrogens with zero attached hydrogens (tertiary/aromatic N) is 13. The number of imidazole rings is 1. The number of carbonyl (C=O) groups excluding carboxylic acids is 3. The van der Waals surface area contributed by atoms with Crippen molar-refractivity contribution in [1.29, 1.82) is 0 Å². The Morgan fingerprint density at radius 3 is 1.72 bits per heavy atom. The summed E-state index contributed by atoms with van der Waals surface area (Å²) in [6.45, 7) is 11.6. The standard InChI is InChI=1S/C27H29N7O2.C25H24N6O2.C24H22N6O2/c1-27(2,36)17-6-5-10-33(16-17)18-8-9-22(28-12-18)32-20-14-30-25(19-13-31-26(35)24(19)20)21-15-29-23-7-3-4-11-34(21)23;1-30-8-7-17-18(3-2-4-21(17)30)24-19-14-28-25(32)23(19)20(15-27-24)29-22-6-5-16(13-26-22)31-9-11-33-12-10-31;1-30-8-5-17-16(4-7-25-23(17)30)22-18-11-28-24(31)21(18)19(12-27-22)29-20-3-2-14(10-26-20)15-6-9-32-13-15/h3-4,7-9,11-12,14-15,17,36H,5-6,10,13,16H2,1-2H3,(H,28,32)(H,31,35);2-8,13,15H,9-12,14H2,1H3,(H,26,29)(H,28,32);2-5,7-8,10,12,15H,6,9,11,13H2,1H3,(H,26,29)(H,28,31)/t17-;;15-/m1.1/s1. The fourth-order valence-corrected chi connectivity index (χ4v) is 14.5. The molecule has 2 atom stereocenters. The summed E-state index contributed by atoms with van der Waals surface area (Å²) in [6, 6.07) is 30.0. The molecule has 18 rings (SSSR count). The number of amides is 3. The van der Waals surface area contributed by atoms with Gasteiger partial charge in [0, 0.05) is 153 Å². The van der Waals surface area contributed by atoms with E-state index in [1.807, 2.05) is 141 Å². The summed E-state index contributed by atoms with van der Waals surface area (Å²) in [4.78, 5) is 79.7. The molecule has 3 fully saturated rings. The van der Waals surface area contributed by atoms with Crippen LogP contribution in [-0.4, -0.2) is 134 Å². The first-order valence-electron chi connectivity index (χ1n) is 34.1. The van der Waals surface area contributed by atoms with E-state index < -0.39 is 5.60 Å². The van der Waals surface area contributed by atoms with Gasteiger partial charge in [-0.2, -0.15) is 0 Å². The van der Waals surface area contributed by atoms with E-state index in [1.165, 1.54) is 5.56 Å². The number of hydrogen-bond acceptors (Lipinski definition) is 19. The van der Waals surface area contributed by atoms with Gasteiger partial charge in [0.2, 0.25) is 0 Å². The number of hydrogen-bond donors (Lipinski definition) is 7. The molecule has 11 aromatic heterocycles. The topological polar surface area (TPSA) is 286 Å². The van der Waals surface area contributed by atoms with Crippen LogP contribution in [0.3, 0.4) is 0 Å². The Bertz CT molecular complexity index is 5150. The number of aromatic nitrogens is 11. The molecule has 0 aliphatic carbocycles. The Labute approximate surface area is 581 Å². The van der Waals surface area contributed by atoms with Gasteiger partial charge in [-0.15, -0.1) is 0 Å². The molecule has 12 aromatic rings. The van der Waals surface area contributed by atoms with Crippen molar-refractivity contribution in [2.45, 2.75) is 64.3 Å². The molecule has 0 unspecified atom stereocenters. The highest BCUT2D eigenvalue weighted by molar-refractivity contribution is 6.09. The number of anilines is 8. The van der Waals surface area contributed by atoms with Crippen LogP contribution in [0.4, 0.5) is 45.9 Å². The second-order valence-electron chi connectivity index (χ2n) is 26.7. The molecule has 0 saturated carbocycles. The second kappa shape index (κ2) is 26.9. The van der Waals surface area contributed by atoms with Crippen molar-refractivity contribution in [1.82, 2.24) is 69.4 Å². The van der Waals surface area contributed by atoms with E-state index in [0.717, 1.165) is 161 Å². The van der Waals surface area contributed by atoms with Gasteiger partial charge in [0.25, 0.3) is 17.7 Å². The first-order chi connectivity index (χ1) is 49.3. The van der Waals surface area contributed by atoms with Crippen molar-refractivity contribution in [2.75, 3.05) is 78.4 Å². The van der Waals surface area contributed by atoms with Crippen molar-refractivity contribution < 1.29 is 29.0 Å². The van der Waals surface area contributed by atoms with Crippen LogP contribution in [0.15, 0.2) is 159 Å². The smallest absolute Gasteiger partial charge is 0.254 e. The maximum absolute atomic E-state index is 12.8. The zero-order valence-corrected chi connectivity index (χ0v) is 56.4. The van der Waals surface area contributed by atoms with Crippen molar-refractivity contribution in [2.24, 2.45) is 20.0 Å². The largest absolute Gasteiger partial charge is 0.390 e. The minimum absolute atomic E-state index is 0.0960. The van der Waals surface area contributed by atoms with Crippen molar-refractivity contribution in [3.8, 4) is 33.9 Å². The van der Waals surface area contributed by atoms with Gasteiger partial charge in [-0.05, 0) is 105 Å². The Kier molecular flexibility index (Phi) is 17.0. The van der Waals surface area contributed by atoms with Gasteiger partial charge in [-0.3, -0.25) is 33.7 Å². The Morgan fingerprint density at radius 1 is 0.525 bits per heavy atom. The van der Waals surface area contributed by atoms with E-state index in [9.17, 15) is 19.5 Å². The van der Waals surface area contributed by atoms with Gasteiger partial charge in [0.15, 0.2) is 0 Å². The van der Waals surface area contributed by atoms with Gasteiger partial charge in [-0.1, -0.05) is 24.3 Å². The van der Waals surface area contributed by atoms with E-state index in [-0.39, 0.29) is 23.6 Å². The van der Waals surface area contributed by atoms with E-state index in [0.29, 0.717) is 76.8 Å².